The average Bonchev–Trinajstić information content (AvgIpc) is 3.37. The fraction of sp³-hybridized carbons (Fsp3) is 0.647. The number of aromatic nitrogens is 4. The Morgan fingerprint density at radius 1 is 0.966 bits per heavy atom. The van der Waals surface area contributed by atoms with E-state index >= 15 is 0 Å². The third kappa shape index (κ3) is 4.33. The van der Waals surface area contributed by atoms with Crippen molar-refractivity contribution in [1.82, 2.24) is 24.8 Å². The maximum Gasteiger partial charge on any atom is 0.246 e. The third-order valence-corrected chi connectivity index (χ3v) is 6.64. The second kappa shape index (κ2) is 8.20. The molecule has 2 aliphatic heterocycles. The zero-order chi connectivity index (χ0) is 20.4. The Bertz CT molecular complexity index is 947. The van der Waals surface area contributed by atoms with Gasteiger partial charge in [-0.15, -0.1) is 0 Å². The lowest BCUT2D eigenvalue weighted by Gasteiger charge is -2.28. The molecule has 0 spiro atoms. The van der Waals surface area contributed by atoms with Crippen molar-refractivity contribution in [3.63, 3.8) is 0 Å². The highest BCUT2D eigenvalue weighted by atomic mass is 32.2. The standard InChI is InChI=1S/C17H25N7O4S/c1-12-15(13(2)28-22-12)29(25,26)18-11-14-19-16(23-5-3-4-6-23)21-17(20-14)24-7-9-27-10-8-24/h18H,3-11H2,1-2H3. The Balaban J connectivity index is 1.59. The van der Waals surface area contributed by atoms with E-state index in [-0.39, 0.29) is 17.2 Å². The summed E-state index contributed by atoms with van der Waals surface area (Å²) >= 11 is 0. The van der Waals surface area contributed by atoms with E-state index in [2.05, 4.69) is 29.7 Å². The Labute approximate surface area is 169 Å². The number of morpholine rings is 1. The molecule has 0 bridgehead atoms. The molecule has 0 aromatic carbocycles. The van der Waals surface area contributed by atoms with Crippen molar-refractivity contribution >= 4 is 21.9 Å². The lowest BCUT2D eigenvalue weighted by molar-refractivity contribution is 0.122. The van der Waals surface area contributed by atoms with Gasteiger partial charge in [-0.1, -0.05) is 5.16 Å². The zero-order valence-corrected chi connectivity index (χ0v) is 17.4. The summed E-state index contributed by atoms with van der Waals surface area (Å²) in [7, 11) is -3.80. The van der Waals surface area contributed by atoms with Crippen LogP contribution in [0.3, 0.4) is 0 Å². The van der Waals surface area contributed by atoms with E-state index in [0.29, 0.717) is 49.7 Å². The Morgan fingerprint density at radius 3 is 2.17 bits per heavy atom. The molecule has 0 radical (unpaired) electrons. The number of hydrogen-bond acceptors (Lipinski definition) is 10. The molecule has 2 fully saturated rings. The van der Waals surface area contributed by atoms with E-state index in [9.17, 15) is 8.42 Å². The molecule has 0 atom stereocenters. The van der Waals surface area contributed by atoms with Crippen LogP contribution >= 0.6 is 0 Å². The highest BCUT2D eigenvalue weighted by molar-refractivity contribution is 7.89. The normalized spacial score (nSPS) is 17.9. The first kappa shape index (κ1) is 20.0. The zero-order valence-electron chi connectivity index (χ0n) is 16.6. The molecule has 11 nitrogen and oxygen atoms in total. The van der Waals surface area contributed by atoms with E-state index in [1.54, 1.807) is 13.8 Å². The monoisotopic (exact) mass is 423 g/mol. The minimum atomic E-state index is -3.80. The number of nitrogens with one attached hydrogen (secondary N) is 1. The van der Waals surface area contributed by atoms with E-state index < -0.39 is 10.0 Å². The van der Waals surface area contributed by atoms with Crippen LogP contribution in [0.15, 0.2) is 9.42 Å². The van der Waals surface area contributed by atoms with Gasteiger partial charge in [0.05, 0.1) is 19.8 Å². The van der Waals surface area contributed by atoms with Crippen LogP contribution in [0.2, 0.25) is 0 Å². The van der Waals surface area contributed by atoms with Gasteiger partial charge >= 0.3 is 0 Å². The summed E-state index contributed by atoms with van der Waals surface area (Å²) in [6.07, 6.45) is 2.18. The Morgan fingerprint density at radius 2 is 1.59 bits per heavy atom. The van der Waals surface area contributed by atoms with Crippen LogP contribution in [0.25, 0.3) is 0 Å². The highest BCUT2D eigenvalue weighted by Crippen LogP contribution is 2.21. The molecule has 29 heavy (non-hydrogen) atoms. The van der Waals surface area contributed by atoms with Crippen LogP contribution in [0.1, 0.15) is 30.1 Å². The first-order valence-corrected chi connectivity index (χ1v) is 11.2. The predicted molar refractivity (Wildman–Crippen MR) is 104 cm³/mol. The van der Waals surface area contributed by atoms with Crippen LogP contribution in [0, 0.1) is 13.8 Å². The highest BCUT2D eigenvalue weighted by Gasteiger charge is 2.25. The van der Waals surface area contributed by atoms with Crippen molar-refractivity contribution in [2.45, 2.75) is 38.1 Å². The minimum absolute atomic E-state index is 0.0485. The number of ether oxygens (including phenoxy) is 1. The summed E-state index contributed by atoms with van der Waals surface area (Å²) in [4.78, 5) is 17.9. The van der Waals surface area contributed by atoms with Gasteiger partial charge < -0.3 is 19.1 Å². The first-order valence-electron chi connectivity index (χ1n) is 9.69. The topological polar surface area (TPSA) is 127 Å². The van der Waals surface area contributed by atoms with E-state index in [4.69, 9.17) is 9.26 Å². The molecule has 0 amide bonds. The largest absolute Gasteiger partial charge is 0.378 e. The molecule has 2 aromatic heterocycles. The molecule has 12 heteroatoms. The maximum atomic E-state index is 12.7. The number of aryl methyl sites for hydroxylation is 2. The molecule has 1 N–H and O–H groups in total. The molecular formula is C17H25N7O4S. The minimum Gasteiger partial charge on any atom is -0.378 e. The van der Waals surface area contributed by atoms with Crippen molar-refractivity contribution in [3.05, 3.63) is 17.3 Å². The fourth-order valence-corrected chi connectivity index (χ4v) is 4.83. The fourth-order valence-electron chi connectivity index (χ4n) is 3.53. The number of sulfonamides is 1. The van der Waals surface area contributed by atoms with Crippen LogP contribution in [-0.2, 0) is 21.3 Å². The van der Waals surface area contributed by atoms with Gasteiger partial charge in [-0.05, 0) is 26.7 Å². The molecule has 0 saturated carbocycles. The molecule has 0 unspecified atom stereocenters. The summed E-state index contributed by atoms with van der Waals surface area (Å²) in [5.41, 5.74) is 0.317. The lowest BCUT2D eigenvalue weighted by Crippen LogP contribution is -2.38. The van der Waals surface area contributed by atoms with E-state index in [1.165, 1.54) is 0 Å². The van der Waals surface area contributed by atoms with Crippen molar-refractivity contribution in [2.24, 2.45) is 0 Å². The second-order valence-corrected chi connectivity index (χ2v) is 8.83. The van der Waals surface area contributed by atoms with Gasteiger partial charge in [0.2, 0.25) is 21.9 Å². The first-order chi connectivity index (χ1) is 13.9. The van der Waals surface area contributed by atoms with Gasteiger partial charge in [-0.25, -0.2) is 13.1 Å². The number of anilines is 2. The van der Waals surface area contributed by atoms with Crippen molar-refractivity contribution in [1.29, 1.82) is 0 Å². The lowest BCUT2D eigenvalue weighted by atomic mass is 10.4. The third-order valence-electron chi connectivity index (χ3n) is 5.00. The second-order valence-electron chi connectivity index (χ2n) is 7.12. The van der Waals surface area contributed by atoms with E-state index in [0.717, 1.165) is 25.9 Å². The van der Waals surface area contributed by atoms with Crippen molar-refractivity contribution in [3.8, 4) is 0 Å². The summed E-state index contributed by atoms with van der Waals surface area (Å²) in [5, 5.41) is 3.72. The molecule has 0 aliphatic carbocycles. The van der Waals surface area contributed by atoms with Crippen LogP contribution in [-0.4, -0.2) is 67.9 Å². The molecule has 158 valence electrons. The smallest absolute Gasteiger partial charge is 0.246 e. The van der Waals surface area contributed by atoms with Crippen molar-refractivity contribution < 1.29 is 17.7 Å². The molecule has 4 rings (SSSR count). The van der Waals surface area contributed by atoms with Crippen LogP contribution in [0.5, 0.6) is 0 Å². The molecular weight excluding hydrogens is 398 g/mol. The van der Waals surface area contributed by atoms with E-state index in [1.807, 2.05) is 4.90 Å². The van der Waals surface area contributed by atoms with Crippen LogP contribution < -0.4 is 14.5 Å². The summed E-state index contributed by atoms with van der Waals surface area (Å²) in [6, 6.07) is 0. The molecule has 2 aliphatic rings. The predicted octanol–water partition coefficient (Wildman–Crippen LogP) is 0.392. The summed E-state index contributed by atoms with van der Waals surface area (Å²) < 4.78 is 38.4. The number of nitrogens with zero attached hydrogens (tertiary/aromatic N) is 6. The van der Waals surface area contributed by atoms with Gasteiger partial charge in [0.15, 0.2) is 11.6 Å². The maximum absolute atomic E-state index is 12.7. The Kier molecular flexibility index (Phi) is 5.65. The van der Waals surface area contributed by atoms with Gasteiger partial charge in [-0.2, -0.15) is 15.0 Å². The average molecular weight is 423 g/mol. The van der Waals surface area contributed by atoms with Gasteiger partial charge in [0.1, 0.15) is 10.6 Å². The van der Waals surface area contributed by atoms with Crippen LogP contribution in [0.4, 0.5) is 11.9 Å². The van der Waals surface area contributed by atoms with Gasteiger partial charge in [0, 0.05) is 26.2 Å². The quantitative estimate of drug-likeness (QED) is 0.697. The molecule has 4 heterocycles. The number of hydrogen-bond donors (Lipinski definition) is 1. The molecule has 2 saturated heterocycles. The number of rotatable bonds is 6. The Hall–Kier alpha value is -2.31. The summed E-state index contributed by atoms with van der Waals surface area (Å²) in [6.45, 7) is 7.48. The molecule has 2 aromatic rings. The van der Waals surface area contributed by atoms with Crippen molar-refractivity contribution in [2.75, 3.05) is 49.2 Å². The summed E-state index contributed by atoms with van der Waals surface area (Å²) in [5.74, 6) is 1.76. The van der Waals surface area contributed by atoms with Gasteiger partial charge in [0.25, 0.3) is 0 Å². The van der Waals surface area contributed by atoms with Gasteiger partial charge in [-0.3, -0.25) is 0 Å². The SMILES string of the molecule is Cc1noc(C)c1S(=O)(=O)NCc1nc(N2CCCC2)nc(N2CCOCC2)n1.